The first-order valence-corrected chi connectivity index (χ1v) is 6.19. The second-order valence-corrected chi connectivity index (χ2v) is 5.02. The van der Waals surface area contributed by atoms with Crippen molar-refractivity contribution in [2.75, 3.05) is 19.6 Å². The zero-order valence-corrected chi connectivity index (χ0v) is 9.45. The molecular weight excluding hydrogens is 182 g/mol. The third-order valence-electron chi connectivity index (χ3n) is 3.94. The fourth-order valence-electron chi connectivity index (χ4n) is 3.39. The van der Waals surface area contributed by atoms with E-state index in [0.29, 0.717) is 0 Å². The summed E-state index contributed by atoms with van der Waals surface area (Å²) in [6.45, 7) is 6.15. The largest absolute Gasteiger partial charge is 0.302 e. The van der Waals surface area contributed by atoms with Crippen molar-refractivity contribution in [3.8, 4) is 0 Å². The Morgan fingerprint density at radius 2 is 1.73 bits per heavy atom. The van der Waals surface area contributed by atoms with E-state index in [2.05, 4.69) is 36.1 Å². The molecule has 2 aliphatic rings. The molecular formula is C14H19N. The van der Waals surface area contributed by atoms with Crippen LogP contribution in [0, 0.1) is 0 Å². The van der Waals surface area contributed by atoms with Crippen LogP contribution in [0.3, 0.4) is 0 Å². The molecule has 0 radical (unpaired) electrons. The zero-order chi connectivity index (χ0) is 10.3. The number of benzene rings is 1. The third kappa shape index (κ3) is 1.50. The van der Waals surface area contributed by atoms with E-state index < -0.39 is 0 Å². The molecule has 1 aliphatic carbocycles. The quantitative estimate of drug-likeness (QED) is 0.711. The highest BCUT2D eigenvalue weighted by Crippen LogP contribution is 2.45. The van der Waals surface area contributed by atoms with E-state index in [-0.39, 0.29) is 0 Å². The van der Waals surface area contributed by atoms with Crippen LogP contribution in [0.5, 0.6) is 0 Å². The van der Waals surface area contributed by atoms with Crippen molar-refractivity contribution in [2.45, 2.75) is 31.6 Å². The van der Waals surface area contributed by atoms with Crippen LogP contribution in [0.1, 0.15) is 42.7 Å². The lowest BCUT2D eigenvalue weighted by molar-refractivity contribution is 0.203. The lowest BCUT2D eigenvalue weighted by Gasteiger charge is -2.31. The predicted octanol–water partition coefficient (Wildman–Crippen LogP) is 2.98. The Hall–Kier alpha value is -0.820. The van der Waals surface area contributed by atoms with Gasteiger partial charge in [0.05, 0.1) is 0 Å². The summed E-state index contributed by atoms with van der Waals surface area (Å²) in [7, 11) is 0. The number of hydrogen-bond donors (Lipinski definition) is 0. The standard InChI is InChI=1S/C14H19N/c1-2-7-15-9-11-8-12(10-15)14-6-4-3-5-13(11)14/h3-6,11-12H,2,7-10H2,1H3/t11-,12+. The van der Waals surface area contributed by atoms with Crippen molar-refractivity contribution < 1.29 is 0 Å². The monoisotopic (exact) mass is 201 g/mol. The second-order valence-electron chi connectivity index (χ2n) is 5.02. The average Bonchev–Trinajstić information content (AvgIpc) is 2.53. The van der Waals surface area contributed by atoms with Gasteiger partial charge in [-0.25, -0.2) is 0 Å². The van der Waals surface area contributed by atoms with Crippen molar-refractivity contribution in [3.63, 3.8) is 0 Å². The molecule has 80 valence electrons. The van der Waals surface area contributed by atoms with Gasteiger partial charge in [-0.2, -0.15) is 0 Å². The summed E-state index contributed by atoms with van der Waals surface area (Å²) in [5.41, 5.74) is 3.28. The van der Waals surface area contributed by atoms with E-state index in [1.165, 1.54) is 32.5 Å². The molecule has 1 heterocycles. The first-order chi connectivity index (χ1) is 7.38. The van der Waals surface area contributed by atoms with Crippen LogP contribution in [0.4, 0.5) is 0 Å². The number of fused-ring (bicyclic) bond motifs is 5. The molecule has 1 saturated heterocycles. The van der Waals surface area contributed by atoms with Crippen LogP contribution in [-0.4, -0.2) is 24.5 Å². The van der Waals surface area contributed by atoms with Gasteiger partial charge in [0.2, 0.25) is 0 Å². The summed E-state index contributed by atoms with van der Waals surface area (Å²) in [6.07, 6.45) is 2.69. The SMILES string of the molecule is CCCN1C[C@H]2C[C@@H](C1)c1ccccc12. The fraction of sp³-hybridized carbons (Fsp3) is 0.571. The van der Waals surface area contributed by atoms with Gasteiger partial charge >= 0.3 is 0 Å². The molecule has 1 heteroatoms. The first kappa shape index (κ1) is 9.41. The van der Waals surface area contributed by atoms with Crippen molar-refractivity contribution in [1.29, 1.82) is 0 Å². The van der Waals surface area contributed by atoms with Crippen molar-refractivity contribution in [3.05, 3.63) is 35.4 Å². The molecule has 0 N–H and O–H groups in total. The zero-order valence-electron chi connectivity index (χ0n) is 9.45. The van der Waals surface area contributed by atoms with Crippen molar-refractivity contribution in [2.24, 2.45) is 0 Å². The molecule has 3 rings (SSSR count). The topological polar surface area (TPSA) is 3.24 Å². The van der Waals surface area contributed by atoms with Crippen LogP contribution in [0.25, 0.3) is 0 Å². The Bertz CT molecular complexity index is 327. The number of likely N-dealkylation sites (tertiary alicyclic amines) is 1. The van der Waals surface area contributed by atoms with Gasteiger partial charge < -0.3 is 4.90 Å². The van der Waals surface area contributed by atoms with Crippen molar-refractivity contribution >= 4 is 0 Å². The molecule has 1 fully saturated rings. The number of nitrogens with zero attached hydrogens (tertiary/aromatic N) is 1. The Balaban J connectivity index is 1.88. The minimum atomic E-state index is 0.825. The van der Waals surface area contributed by atoms with E-state index in [0.717, 1.165) is 11.8 Å². The van der Waals surface area contributed by atoms with E-state index in [1.807, 2.05) is 0 Å². The Kier molecular flexibility index (Phi) is 2.28. The minimum Gasteiger partial charge on any atom is -0.302 e. The number of piperidine rings is 1. The van der Waals surface area contributed by atoms with Crippen LogP contribution in [0.15, 0.2) is 24.3 Å². The molecule has 2 bridgehead atoms. The fourth-order valence-corrected chi connectivity index (χ4v) is 3.39. The summed E-state index contributed by atoms with van der Waals surface area (Å²) in [5, 5.41) is 0. The highest BCUT2D eigenvalue weighted by Gasteiger charge is 2.36. The lowest BCUT2D eigenvalue weighted by Crippen LogP contribution is -2.35. The summed E-state index contributed by atoms with van der Waals surface area (Å²) in [5.74, 6) is 1.65. The first-order valence-electron chi connectivity index (χ1n) is 6.19. The molecule has 2 atom stereocenters. The summed E-state index contributed by atoms with van der Waals surface area (Å²) < 4.78 is 0. The molecule has 0 amide bonds. The van der Waals surface area contributed by atoms with E-state index >= 15 is 0 Å². The molecule has 1 aliphatic heterocycles. The second kappa shape index (κ2) is 3.64. The van der Waals surface area contributed by atoms with Gasteiger partial charge in [0.25, 0.3) is 0 Å². The van der Waals surface area contributed by atoms with Gasteiger partial charge in [0.15, 0.2) is 0 Å². The molecule has 0 spiro atoms. The summed E-state index contributed by atoms with van der Waals surface area (Å²) >= 11 is 0. The maximum atomic E-state index is 2.65. The van der Waals surface area contributed by atoms with Gasteiger partial charge in [-0.05, 0) is 42.3 Å². The summed E-state index contributed by atoms with van der Waals surface area (Å²) in [4.78, 5) is 2.65. The van der Waals surface area contributed by atoms with Crippen LogP contribution in [-0.2, 0) is 0 Å². The van der Waals surface area contributed by atoms with E-state index in [1.54, 1.807) is 11.1 Å². The molecule has 0 aromatic heterocycles. The van der Waals surface area contributed by atoms with Gasteiger partial charge in [0, 0.05) is 13.1 Å². The number of rotatable bonds is 2. The maximum absolute atomic E-state index is 2.65. The molecule has 1 aromatic rings. The van der Waals surface area contributed by atoms with Gasteiger partial charge in [-0.15, -0.1) is 0 Å². The minimum absolute atomic E-state index is 0.825. The average molecular weight is 201 g/mol. The smallest absolute Gasteiger partial charge is 0.00508 e. The molecule has 1 nitrogen and oxygen atoms in total. The molecule has 0 unspecified atom stereocenters. The van der Waals surface area contributed by atoms with E-state index in [4.69, 9.17) is 0 Å². The van der Waals surface area contributed by atoms with Crippen LogP contribution < -0.4 is 0 Å². The highest BCUT2D eigenvalue weighted by atomic mass is 15.1. The molecule has 0 saturated carbocycles. The van der Waals surface area contributed by atoms with Crippen molar-refractivity contribution in [1.82, 2.24) is 4.90 Å². The molecule has 15 heavy (non-hydrogen) atoms. The maximum Gasteiger partial charge on any atom is 0.00508 e. The highest BCUT2D eigenvalue weighted by molar-refractivity contribution is 5.40. The van der Waals surface area contributed by atoms with Crippen LogP contribution >= 0.6 is 0 Å². The van der Waals surface area contributed by atoms with Gasteiger partial charge in [-0.1, -0.05) is 31.2 Å². The third-order valence-corrected chi connectivity index (χ3v) is 3.94. The van der Waals surface area contributed by atoms with Gasteiger partial charge in [-0.3, -0.25) is 0 Å². The Labute approximate surface area is 92.1 Å². The van der Waals surface area contributed by atoms with Gasteiger partial charge in [0.1, 0.15) is 0 Å². The van der Waals surface area contributed by atoms with E-state index in [9.17, 15) is 0 Å². The lowest BCUT2D eigenvalue weighted by atomic mass is 9.96. The predicted molar refractivity (Wildman–Crippen MR) is 63.3 cm³/mol. The Morgan fingerprint density at radius 1 is 1.13 bits per heavy atom. The Morgan fingerprint density at radius 3 is 2.27 bits per heavy atom. The summed E-state index contributed by atoms with van der Waals surface area (Å²) in [6, 6.07) is 9.08. The molecule has 1 aromatic carbocycles. The van der Waals surface area contributed by atoms with Crippen LogP contribution in [0.2, 0.25) is 0 Å². The number of hydrogen-bond acceptors (Lipinski definition) is 1. The normalized spacial score (nSPS) is 29.1.